The van der Waals surface area contributed by atoms with E-state index in [0.29, 0.717) is 11.8 Å². The van der Waals surface area contributed by atoms with Gasteiger partial charge in [-0.05, 0) is 48.7 Å². The fourth-order valence-corrected chi connectivity index (χ4v) is 3.95. The van der Waals surface area contributed by atoms with Crippen molar-refractivity contribution in [1.82, 2.24) is 9.88 Å². The van der Waals surface area contributed by atoms with Crippen molar-refractivity contribution in [3.8, 4) is 11.1 Å². The van der Waals surface area contributed by atoms with Gasteiger partial charge in [0, 0.05) is 42.9 Å². The molecule has 2 aliphatic rings. The van der Waals surface area contributed by atoms with Crippen LogP contribution in [0, 0.1) is 5.92 Å². The number of fused-ring (bicyclic) bond motifs is 4. The number of pyridine rings is 1. The van der Waals surface area contributed by atoms with E-state index in [-0.39, 0.29) is 11.5 Å². The quantitative estimate of drug-likeness (QED) is 0.890. The number of carbonyl (C=O) groups is 1. The number of anilines is 1. The molecule has 3 heterocycles. The van der Waals surface area contributed by atoms with Crippen LogP contribution in [0.4, 0.5) is 5.69 Å². The lowest BCUT2D eigenvalue weighted by atomic mass is 9.84. The molecule has 2 aromatic rings. The van der Waals surface area contributed by atoms with Crippen molar-refractivity contribution < 1.29 is 4.79 Å². The second-order valence-corrected chi connectivity index (χ2v) is 6.80. The molecule has 1 saturated heterocycles. The molecule has 0 radical (unpaired) electrons. The summed E-state index contributed by atoms with van der Waals surface area (Å²) in [5, 5.41) is 6.21. The van der Waals surface area contributed by atoms with Crippen LogP contribution in [0.25, 0.3) is 11.1 Å². The van der Waals surface area contributed by atoms with Gasteiger partial charge in [-0.3, -0.25) is 9.59 Å². The SMILES string of the molecule is CC(=O)Nc1ccc(-c2ccc3n(c2=O)C[C@@H]2CNC[C@H]3C2)cc1. The first kappa shape index (κ1) is 15.1. The van der Waals surface area contributed by atoms with Crippen molar-refractivity contribution in [3.05, 3.63) is 52.4 Å². The summed E-state index contributed by atoms with van der Waals surface area (Å²) in [7, 11) is 0. The molecule has 24 heavy (non-hydrogen) atoms. The molecule has 2 aliphatic heterocycles. The van der Waals surface area contributed by atoms with Gasteiger partial charge in [-0.2, -0.15) is 0 Å². The third kappa shape index (κ3) is 2.65. The maximum atomic E-state index is 13.0. The normalized spacial score (nSPS) is 21.9. The van der Waals surface area contributed by atoms with E-state index in [1.54, 1.807) is 0 Å². The lowest BCUT2D eigenvalue weighted by Gasteiger charge is -2.37. The lowest BCUT2D eigenvalue weighted by Crippen LogP contribution is -2.45. The van der Waals surface area contributed by atoms with Crippen molar-refractivity contribution >= 4 is 11.6 Å². The average molecular weight is 323 g/mol. The van der Waals surface area contributed by atoms with Crippen LogP contribution in [0.3, 0.4) is 0 Å². The summed E-state index contributed by atoms with van der Waals surface area (Å²) in [6, 6.07) is 11.5. The molecule has 2 bridgehead atoms. The van der Waals surface area contributed by atoms with Gasteiger partial charge < -0.3 is 15.2 Å². The fourth-order valence-electron chi connectivity index (χ4n) is 3.95. The topological polar surface area (TPSA) is 63.1 Å². The van der Waals surface area contributed by atoms with Crippen LogP contribution in [0.2, 0.25) is 0 Å². The van der Waals surface area contributed by atoms with Crippen LogP contribution < -0.4 is 16.2 Å². The molecular formula is C19H21N3O2. The number of nitrogens with zero attached hydrogens (tertiary/aromatic N) is 1. The van der Waals surface area contributed by atoms with Crippen molar-refractivity contribution in [2.24, 2.45) is 5.92 Å². The van der Waals surface area contributed by atoms with E-state index in [1.165, 1.54) is 13.3 Å². The van der Waals surface area contributed by atoms with Crippen LogP contribution >= 0.6 is 0 Å². The Hall–Kier alpha value is -2.40. The number of nitrogens with one attached hydrogen (secondary N) is 2. The van der Waals surface area contributed by atoms with Crippen molar-refractivity contribution in [1.29, 1.82) is 0 Å². The molecule has 2 atom stereocenters. The first-order valence-corrected chi connectivity index (χ1v) is 8.44. The van der Waals surface area contributed by atoms with Gasteiger partial charge in [0.1, 0.15) is 0 Å². The second kappa shape index (κ2) is 5.91. The number of hydrogen-bond acceptors (Lipinski definition) is 3. The van der Waals surface area contributed by atoms with Gasteiger partial charge in [0.2, 0.25) is 5.91 Å². The van der Waals surface area contributed by atoms with Gasteiger partial charge in [0.05, 0.1) is 0 Å². The largest absolute Gasteiger partial charge is 0.326 e. The van der Waals surface area contributed by atoms with E-state index in [1.807, 2.05) is 34.9 Å². The molecule has 5 nitrogen and oxygen atoms in total. The zero-order valence-electron chi connectivity index (χ0n) is 13.7. The molecular weight excluding hydrogens is 302 g/mol. The van der Waals surface area contributed by atoms with Crippen LogP contribution in [0.1, 0.15) is 25.0 Å². The van der Waals surface area contributed by atoms with E-state index in [9.17, 15) is 9.59 Å². The molecule has 0 saturated carbocycles. The highest BCUT2D eigenvalue weighted by Gasteiger charge is 2.31. The van der Waals surface area contributed by atoms with Crippen molar-refractivity contribution in [2.45, 2.75) is 25.8 Å². The summed E-state index contributed by atoms with van der Waals surface area (Å²) < 4.78 is 1.97. The molecule has 0 unspecified atom stereocenters. The fraction of sp³-hybridized carbons (Fsp3) is 0.368. The minimum atomic E-state index is -0.100. The molecule has 1 amide bonds. The number of aromatic nitrogens is 1. The molecule has 1 aromatic heterocycles. The Morgan fingerprint density at radius 2 is 1.96 bits per heavy atom. The molecule has 4 rings (SSSR count). The molecule has 2 N–H and O–H groups in total. The third-order valence-electron chi connectivity index (χ3n) is 5.02. The Balaban J connectivity index is 1.71. The third-order valence-corrected chi connectivity index (χ3v) is 5.02. The Bertz CT molecular complexity index is 839. The van der Waals surface area contributed by atoms with E-state index >= 15 is 0 Å². The van der Waals surface area contributed by atoms with Crippen LogP contribution in [0.15, 0.2) is 41.2 Å². The number of amides is 1. The Morgan fingerprint density at radius 3 is 2.71 bits per heavy atom. The summed E-state index contributed by atoms with van der Waals surface area (Å²) in [5.41, 5.74) is 3.60. The molecule has 1 fully saturated rings. The molecule has 0 aliphatic carbocycles. The van der Waals surface area contributed by atoms with Crippen LogP contribution in [0.5, 0.6) is 0 Å². The summed E-state index contributed by atoms with van der Waals surface area (Å²) in [6.07, 6.45) is 1.18. The summed E-state index contributed by atoms with van der Waals surface area (Å²) in [5.74, 6) is 0.893. The lowest BCUT2D eigenvalue weighted by molar-refractivity contribution is -0.114. The van der Waals surface area contributed by atoms with Gasteiger partial charge in [-0.1, -0.05) is 12.1 Å². The maximum absolute atomic E-state index is 13.0. The first-order valence-electron chi connectivity index (χ1n) is 8.44. The summed E-state index contributed by atoms with van der Waals surface area (Å²) in [6.45, 7) is 4.24. The minimum Gasteiger partial charge on any atom is -0.326 e. The smallest absolute Gasteiger partial charge is 0.258 e. The minimum absolute atomic E-state index is 0.0939. The van der Waals surface area contributed by atoms with E-state index in [4.69, 9.17) is 0 Å². The predicted molar refractivity (Wildman–Crippen MR) is 94.2 cm³/mol. The maximum Gasteiger partial charge on any atom is 0.258 e. The molecule has 0 spiro atoms. The summed E-state index contributed by atoms with van der Waals surface area (Å²) in [4.78, 5) is 24.1. The average Bonchev–Trinajstić information content (AvgIpc) is 2.57. The van der Waals surface area contributed by atoms with E-state index in [2.05, 4.69) is 16.7 Å². The first-order chi connectivity index (χ1) is 11.6. The number of benzene rings is 1. The van der Waals surface area contributed by atoms with Gasteiger partial charge in [-0.25, -0.2) is 0 Å². The molecule has 1 aromatic carbocycles. The molecule has 5 heteroatoms. The second-order valence-electron chi connectivity index (χ2n) is 6.80. The van der Waals surface area contributed by atoms with Crippen LogP contribution in [-0.4, -0.2) is 23.6 Å². The Morgan fingerprint density at radius 1 is 1.17 bits per heavy atom. The zero-order chi connectivity index (χ0) is 16.7. The highest BCUT2D eigenvalue weighted by molar-refractivity contribution is 5.88. The molecule has 124 valence electrons. The van der Waals surface area contributed by atoms with Gasteiger partial charge in [0.15, 0.2) is 0 Å². The number of hydrogen-bond donors (Lipinski definition) is 2. The van der Waals surface area contributed by atoms with Gasteiger partial charge in [-0.15, -0.1) is 0 Å². The van der Waals surface area contributed by atoms with Crippen LogP contribution in [-0.2, 0) is 11.3 Å². The highest BCUT2D eigenvalue weighted by atomic mass is 16.1. The number of carbonyl (C=O) groups excluding carboxylic acids is 1. The van der Waals surface area contributed by atoms with Gasteiger partial charge >= 0.3 is 0 Å². The summed E-state index contributed by atoms with van der Waals surface area (Å²) >= 11 is 0. The van der Waals surface area contributed by atoms with Crippen molar-refractivity contribution in [2.75, 3.05) is 18.4 Å². The zero-order valence-corrected chi connectivity index (χ0v) is 13.7. The number of rotatable bonds is 2. The standard InChI is InChI=1S/C19H21N3O2/c1-12(23)21-16-4-2-14(3-5-16)17-6-7-18-15-8-13(9-20-10-15)11-22(18)19(17)24/h2-7,13,15,20H,8-11H2,1H3,(H,21,23)/t13-,15+/m0/s1. The Labute approximate surface area is 140 Å². The van der Waals surface area contributed by atoms with E-state index in [0.717, 1.165) is 42.1 Å². The van der Waals surface area contributed by atoms with E-state index < -0.39 is 0 Å². The van der Waals surface area contributed by atoms with Gasteiger partial charge in [0.25, 0.3) is 5.56 Å². The monoisotopic (exact) mass is 323 g/mol. The predicted octanol–water partition coefficient (Wildman–Crippen LogP) is 2.18. The van der Waals surface area contributed by atoms with Crippen molar-refractivity contribution in [3.63, 3.8) is 0 Å². The highest BCUT2D eigenvalue weighted by Crippen LogP contribution is 2.32. The Kier molecular flexibility index (Phi) is 3.73. The number of piperidine rings is 1.